The molecule has 112 valence electrons. The van der Waals surface area contributed by atoms with Crippen LogP contribution in [0, 0.1) is 0 Å². The number of amides is 1. The van der Waals surface area contributed by atoms with Crippen molar-refractivity contribution in [1.82, 2.24) is 10.0 Å². The van der Waals surface area contributed by atoms with Gasteiger partial charge >= 0.3 is 0 Å². The highest BCUT2D eigenvalue weighted by atomic mass is 79.9. The molecule has 0 heterocycles. The van der Waals surface area contributed by atoms with Crippen LogP contribution in [0.4, 0.5) is 0 Å². The Kier molecular flexibility index (Phi) is 6.64. The van der Waals surface area contributed by atoms with E-state index >= 15 is 0 Å². The molecular formula is C13H19BrN2O3S. The van der Waals surface area contributed by atoms with Crippen LogP contribution in [0.15, 0.2) is 33.6 Å². The maximum atomic E-state index is 11.9. The Morgan fingerprint density at radius 2 is 1.90 bits per heavy atom. The minimum atomic E-state index is -3.56. The van der Waals surface area contributed by atoms with E-state index < -0.39 is 10.0 Å². The molecule has 0 unspecified atom stereocenters. The average molecular weight is 363 g/mol. The van der Waals surface area contributed by atoms with E-state index in [2.05, 4.69) is 26.0 Å². The fourth-order valence-corrected chi connectivity index (χ4v) is 2.74. The van der Waals surface area contributed by atoms with Gasteiger partial charge < -0.3 is 5.32 Å². The van der Waals surface area contributed by atoms with Crippen molar-refractivity contribution >= 4 is 31.9 Å². The van der Waals surface area contributed by atoms with Crippen molar-refractivity contribution in [2.45, 2.75) is 37.6 Å². The van der Waals surface area contributed by atoms with Crippen LogP contribution in [-0.2, 0) is 14.8 Å². The third-order valence-corrected chi connectivity index (χ3v) is 4.79. The standard InChI is InChI=1S/C13H19BrN2O3S/c1-3-10(2)16-13(17)8-9-15-20(18,19)12-6-4-11(14)5-7-12/h4-7,10,15H,3,8-9H2,1-2H3,(H,16,17)/t10-/m1/s1. The van der Waals surface area contributed by atoms with Crippen LogP contribution >= 0.6 is 15.9 Å². The molecule has 0 aliphatic heterocycles. The third kappa shape index (κ3) is 5.60. The van der Waals surface area contributed by atoms with Gasteiger partial charge in [-0.15, -0.1) is 0 Å². The van der Waals surface area contributed by atoms with Crippen LogP contribution in [0.5, 0.6) is 0 Å². The zero-order valence-corrected chi connectivity index (χ0v) is 13.9. The van der Waals surface area contributed by atoms with Crippen molar-refractivity contribution in [2.24, 2.45) is 0 Å². The summed E-state index contributed by atoms with van der Waals surface area (Å²) in [5.41, 5.74) is 0. The quantitative estimate of drug-likeness (QED) is 0.779. The van der Waals surface area contributed by atoms with E-state index in [1.165, 1.54) is 12.1 Å². The molecule has 0 aliphatic carbocycles. The number of nitrogens with one attached hydrogen (secondary N) is 2. The molecule has 1 rings (SSSR count). The van der Waals surface area contributed by atoms with E-state index in [0.717, 1.165) is 10.9 Å². The van der Waals surface area contributed by atoms with Gasteiger partial charge in [0.25, 0.3) is 0 Å². The number of benzene rings is 1. The number of hydrogen-bond acceptors (Lipinski definition) is 3. The molecule has 1 aromatic rings. The van der Waals surface area contributed by atoms with Crippen LogP contribution in [0.3, 0.4) is 0 Å². The Bertz CT molecular complexity index is 543. The summed E-state index contributed by atoms with van der Waals surface area (Å²) in [5, 5.41) is 2.78. The SMILES string of the molecule is CC[C@@H](C)NC(=O)CCNS(=O)(=O)c1ccc(Br)cc1. The molecule has 0 aliphatic rings. The molecule has 20 heavy (non-hydrogen) atoms. The van der Waals surface area contributed by atoms with Crippen molar-refractivity contribution in [3.8, 4) is 0 Å². The summed E-state index contributed by atoms with van der Waals surface area (Å²) in [6.07, 6.45) is 0.969. The van der Waals surface area contributed by atoms with Gasteiger partial charge in [0, 0.05) is 23.5 Å². The van der Waals surface area contributed by atoms with E-state index in [1.807, 2.05) is 13.8 Å². The largest absolute Gasteiger partial charge is 0.354 e. The molecule has 0 bridgehead atoms. The third-order valence-electron chi connectivity index (χ3n) is 2.79. The van der Waals surface area contributed by atoms with Gasteiger partial charge in [-0.3, -0.25) is 4.79 Å². The summed E-state index contributed by atoms with van der Waals surface area (Å²) in [6, 6.07) is 6.43. The molecule has 0 saturated carbocycles. The summed E-state index contributed by atoms with van der Waals surface area (Å²) < 4.78 is 27.1. The van der Waals surface area contributed by atoms with E-state index in [4.69, 9.17) is 0 Å². The Balaban J connectivity index is 2.48. The van der Waals surface area contributed by atoms with Gasteiger partial charge in [-0.25, -0.2) is 13.1 Å². The Morgan fingerprint density at radius 1 is 1.30 bits per heavy atom. The summed E-state index contributed by atoms with van der Waals surface area (Å²) in [5.74, 6) is -0.155. The van der Waals surface area contributed by atoms with Crippen LogP contribution in [0.25, 0.3) is 0 Å². The lowest BCUT2D eigenvalue weighted by Crippen LogP contribution is -2.35. The molecule has 2 N–H and O–H groups in total. The van der Waals surface area contributed by atoms with Gasteiger partial charge in [0.2, 0.25) is 15.9 Å². The van der Waals surface area contributed by atoms with Gasteiger partial charge in [0.15, 0.2) is 0 Å². The molecule has 0 aromatic heterocycles. The van der Waals surface area contributed by atoms with Gasteiger partial charge in [-0.1, -0.05) is 22.9 Å². The number of carbonyl (C=O) groups excluding carboxylic acids is 1. The topological polar surface area (TPSA) is 75.3 Å². The summed E-state index contributed by atoms with van der Waals surface area (Å²) in [4.78, 5) is 11.7. The number of carbonyl (C=O) groups is 1. The van der Waals surface area contributed by atoms with Crippen molar-refractivity contribution in [1.29, 1.82) is 0 Å². The maximum absolute atomic E-state index is 11.9. The van der Waals surface area contributed by atoms with E-state index in [1.54, 1.807) is 12.1 Å². The zero-order chi connectivity index (χ0) is 15.2. The first-order valence-electron chi connectivity index (χ1n) is 6.39. The molecule has 1 atom stereocenters. The fourth-order valence-electron chi connectivity index (χ4n) is 1.45. The molecule has 0 radical (unpaired) electrons. The second-order valence-electron chi connectivity index (χ2n) is 4.48. The lowest BCUT2D eigenvalue weighted by molar-refractivity contribution is -0.121. The first kappa shape index (κ1) is 17.1. The predicted molar refractivity (Wildman–Crippen MR) is 81.8 cm³/mol. The lowest BCUT2D eigenvalue weighted by atomic mass is 10.2. The minimum Gasteiger partial charge on any atom is -0.354 e. The van der Waals surface area contributed by atoms with Crippen LogP contribution in [0.2, 0.25) is 0 Å². The highest BCUT2D eigenvalue weighted by Crippen LogP contribution is 2.14. The van der Waals surface area contributed by atoms with E-state index in [-0.39, 0.29) is 29.8 Å². The van der Waals surface area contributed by atoms with Crippen LogP contribution in [-0.4, -0.2) is 26.9 Å². The molecule has 0 fully saturated rings. The van der Waals surface area contributed by atoms with Gasteiger partial charge in [-0.2, -0.15) is 0 Å². The Morgan fingerprint density at radius 3 is 2.45 bits per heavy atom. The Hall–Kier alpha value is -0.920. The van der Waals surface area contributed by atoms with E-state index in [0.29, 0.717) is 0 Å². The smallest absolute Gasteiger partial charge is 0.240 e. The molecule has 7 heteroatoms. The minimum absolute atomic E-state index is 0.0840. The van der Waals surface area contributed by atoms with Crippen molar-refractivity contribution < 1.29 is 13.2 Å². The maximum Gasteiger partial charge on any atom is 0.240 e. The normalized spacial score (nSPS) is 12.9. The second kappa shape index (κ2) is 7.75. The first-order chi connectivity index (χ1) is 9.35. The highest BCUT2D eigenvalue weighted by molar-refractivity contribution is 9.10. The fraction of sp³-hybridized carbons (Fsp3) is 0.462. The molecule has 1 amide bonds. The Labute approximate surface area is 128 Å². The van der Waals surface area contributed by atoms with Gasteiger partial charge in [-0.05, 0) is 37.6 Å². The first-order valence-corrected chi connectivity index (χ1v) is 8.67. The summed E-state index contributed by atoms with van der Waals surface area (Å²) in [6.45, 7) is 3.96. The van der Waals surface area contributed by atoms with E-state index in [9.17, 15) is 13.2 Å². The molecule has 1 aromatic carbocycles. The monoisotopic (exact) mass is 362 g/mol. The lowest BCUT2D eigenvalue weighted by Gasteiger charge is -2.11. The van der Waals surface area contributed by atoms with Crippen molar-refractivity contribution in [3.05, 3.63) is 28.7 Å². The molecule has 0 saturated heterocycles. The predicted octanol–water partition coefficient (Wildman–Crippen LogP) is 2.03. The number of rotatable bonds is 7. The molecule has 5 nitrogen and oxygen atoms in total. The summed E-state index contributed by atoms with van der Waals surface area (Å²) in [7, 11) is -3.56. The second-order valence-corrected chi connectivity index (χ2v) is 7.16. The molecular weight excluding hydrogens is 344 g/mol. The van der Waals surface area contributed by atoms with Gasteiger partial charge in [0.05, 0.1) is 4.90 Å². The molecule has 0 spiro atoms. The highest BCUT2D eigenvalue weighted by Gasteiger charge is 2.14. The average Bonchev–Trinajstić information content (AvgIpc) is 2.38. The van der Waals surface area contributed by atoms with Crippen molar-refractivity contribution in [2.75, 3.05) is 6.54 Å². The number of sulfonamides is 1. The number of halogens is 1. The van der Waals surface area contributed by atoms with Gasteiger partial charge in [0.1, 0.15) is 0 Å². The summed E-state index contributed by atoms with van der Waals surface area (Å²) >= 11 is 3.25. The number of hydrogen-bond donors (Lipinski definition) is 2. The zero-order valence-electron chi connectivity index (χ0n) is 11.5. The van der Waals surface area contributed by atoms with Crippen LogP contribution in [0.1, 0.15) is 26.7 Å². The van der Waals surface area contributed by atoms with Crippen molar-refractivity contribution in [3.63, 3.8) is 0 Å². The van der Waals surface area contributed by atoms with Crippen LogP contribution < -0.4 is 10.0 Å².